The Morgan fingerprint density at radius 1 is 1.62 bits per heavy atom. The molecule has 0 radical (unpaired) electrons. The number of carboxylic acids is 1. The summed E-state index contributed by atoms with van der Waals surface area (Å²) in [7, 11) is 1.18. The number of aliphatic carboxylic acids is 1. The van der Waals surface area contributed by atoms with Crippen molar-refractivity contribution < 1.29 is 23.1 Å². The molecule has 1 heterocycles. The molecule has 0 aliphatic heterocycles. The molecule has 0 saturated heterocycles. The van der Waals surface area contributed by atoms with Crippen LogP contribution in [0.1, 0.15) is 18.2 Å². The van der Waals surface area contributed by atoms with Crippen molar-refractivity contribution in [3.05, 3.63) is 17.5 Å². The lowest BCUT2D eigenvalue weighted by Gasteiger charge is -2.11. The molecular formula is C9H11F3N2O2. The summed E-state index contributed by atoms with van der Waals surface area (Å²) in [5.74, 6) is -2.00. The van der Waals surface area contributed by atoms with E-state index in [9.17, 15) is 18.0 Å². The zero-order chi connectivity index (χ0) is 12.5. The van der Waals surface area contributed by atoms with E-state index in [1.165, 1.54) is 14.0 Å². The third-order valence-electron chi connectivity index (χ3n) is 2.23. The van der Waals surface area contributed by atoms with Gasteiger partial charge < -0.3 is 5.11 Å². The van der Waals surface area contributed by atoms with Gasteiger partial charge in [-0.1, -0.05) is 6.92 Å². The quantitative estimate of drug-likeness (QED) is 0.869. The Kier molecular flexibility index (Phi) is 3.25. The van der Waals surface area contributed by atoms with E-state index in [1.54, 1.807) is 0 Å². The van der Waals surface area contributed by atoms with E-state index in [-0.39, 0.29) is 12.0 Å². The molecule has 0 spiro atoms. The zero-order valence-corrected chi connectivity index (χ0v) is 8.75. The van der Waals surface area contributed by atoms with Gasteiger partial charge in [0.15, 0.2) is 0 Å². The molecular weight excluding hydrogens is 225 g/mol. The van der Waals surface area contributed by atoms with Crippen LogP contribution < -0.4 is 0 Å². The Labute approximate surface area is 89.7 Å². The number of aryl methyl sites for hydroxylation is 1. The second-order valence-electron chi connectivity index (χ2n) is 3.58. The summed E-state index contributed by atoms with van der Waals surface area (Å²) in [6, 6.07) is 0. The molecule has 0 aliphatic carbocycles. The van der Waals surface area contributed by atoms with Crippen LogP contribution in [0.4, 0.5) is 13.2 Å². The SMILES string of the molecule is CC(Cc1cnn(C)c1C(F)(F)F)C(=O)O. The van der Waals surface area contributed by atoms with Crippen molar-refractivity contribution in [2.24, 2.45) is 13.0 Å². The van der Waals surface area contributed by atoms with Crippen molar-refractivity contribution in [3.63, 3.8) is 0 Å². The highest BCUT2D eigenvalue weighted by atomic mass is 19.4. The number of halogens is 3. The van der Waals surface area contributed by atoms with Gasteiger partial charge in [-0.3, -0.25) is 9.48 Å². The summed E-state index contributed by atoms with van der Waals surface area (Å²) in [5, 5.41) is 12.1. The van der Waals surface area contributed by atoms with Gasteiger partial charge in [0, 0.05) is 12.6 Å². The van der Waals surface area contributed by atoms with E-state index >= 15 is 0 Å². The third-order valence-corrected chi connectivity index (χ3v) is 2.23. The molecule has 0 amide bonds. The second kappa shape index (κ2) is 4.15. The third kappa shape index (κ3) is 2.53. The number of alkyl halides is 3. The van der Waals surface area contributed by atoms with Gasteiger partial charge in [-0.25, -0.2) is 0 Å². The standard InChI is InChI=1S/C9H11F3N2O2/c1-5(8(15)16)3-6-4-13-14(2)7(6)9(10,11)12/h4-5H,3H2,1-2H3,(H,15,16). The summed E-state index contributed by atoms with van der Waals surface area (Å²) in [5.41, 5.74) is -0.981. The Morgan fingerprint density at radius 2 is 2.19 bits per heavy atom. The number of nitrogens with zero attached hydrogens (tertiary/aromatic N) is 2. The van der Waals surface area contributed by atoms with Gasteiger partial charge in [0.2, 0.25) is 0 Å². The van der Waals surface area contributed by atoms with Crippen LogP contribution in [0.5, 0.6) is 0 Å². The molecule has 0 bridgehead atoms. The van der Waals surface area contributed by atoms with Crippen molar-refractivity contribution in [2.75, 3.05) is 0 Å². The van der Waals surface area contributed by atoms with Crippen molar-refractivity contribution in [1.29, 1.82) is 0 Å². The van der Waals surface area contributed by atoms with Crippen LogP contribution in [0.25, 0.3) is 0 Å². The Morgan fingerprint density at radius 3 is 2.62 bits per heavy atom. The molecule has 1 unspecified atom stereocenters. The molecule has 1 rings (SSSR count). The van der Waals surface area contributed by atoms with E-state index in [0.29, 0.717) is 4.68 Å². The minimum atomic E-state index is -4.52. The van der Waals surface area contributed by atoms with Crippen molar-refractivity contribution in [2.45, 2.75) is 19.5 Å². The highest BCUT2D eigenvalue weighted by Gasteiger charge is 2.37. The van der Waals surface area contributed by atoms with Crippen LogP contribution in [0.3, 0.4) is 0 Å². The average Bonchev–Trinajstić information content (AvgIpc) is 2.45. The smallest absolute Gasteiger partial charge is 0.433 e. The Bertz CT molecular complexity index is 398. The molecule has 1 atom stereocenters. The lowest BCUT2D eigenvalue weighted by atomic mass is 10.0. The molecule has 0 saturated carbocycles. The second-order valence-corrected chi connectivity index (χ2v) is 3.58. The largest absolute Gasteiger partial charge is 0.481 e. The molecule has 16 heavy (non-hydrogen) atoms. The number of hydrogen-bond donors (Lipinski definition) is 1. The molecule has 4 nitrogen and oxygen atoms in total. The van der Waals surface area contributed by atoms with Crippen molar-refractivity contribution in [1.82, 2.24) is 9.78 Å². The number of aromatic nitrogens is 2. The van der Waals surface area contributed by atoms with Crippen LogP contribution in [0.15, 0.2) is 6.20 Å². The summed E-state index contributed by atoms with van der Waals surface area (Å²) in [6.07, 6.45) is -3.64. The van der Waals surface area contributed by atoms with Gasteiger partial charge in [-0.05, 0) is 6.42 Å². The summed E-state index contributed by atoms with van der Waals surface area (Å²) >= 11 is 0. The maximum Gasteiger partial charge on any atom is 0.433 e. The number of rotatable bonds is 3. The predicted octanol–water partition coefficient (Wildman–Crippen LogP) is 1.70. The monoisotopic (exact) mass is 236 g/mol. The number of hydrogen-bond acceptors (Lipinski definition) is 2. The van der Waals surface area contributed by atoms with Gasteiger partial charge in [-0.15, -0.1) is 0 Å². The fourth-order valence-electron chi connectivity index (χ4n) is 1.42. The zero-order valence-electron chi connectivity index (χ0n) is 8.75. The molecule has 90 valence electrons. The van der Waals surface area contributed by atoms with Gasteiger partial charge in [0.25, 0.3) is 0 Å². The minimum Gasteiger partial charge on any atom is -0.481 e. The molecule has 0 aromatic carbocycles. The van der Waals surface area contributed by atoms with Crippen LogP contribution in [0, 0.1) is 5.92 Å². The van der Waals surface area contributed by atoms with E-state index in [0.717, 1.165) is 6.20 Å². The van der Waals surface area contributed by atoms with E-state index in [4.69, 9.17) is 5.11 Å². The first kappa shape index (κ1) is 12.5. The fourth-order valence-corrected chi connectivity index (χ4v) is 1.42. The van der Waals surface area contributed by atoms with Gasteiger partial charge in [0.05, 0.1) is 12.1 Å². The van der Waals surface area contributed by atoms with Gasteiger partial charge >= 0.3 is 12.1 Å². The van der Waals surface area contributed by atoms with Crippen molar-refractivity contribution >= 4 is 5.97 Å². The number of carbonyl (C=O) groups is 1. The minimum absolute atomic E-state index is 0.0927. The average molecular weight is 236 g/mol. The van der Waals surface area contributed by atoms with Crippen LogP contribution in [-0.2, 0) is 24.4 Å². The van der Waals surface area contributed by atoms with Crippen LogP contribution in [0.2, 0.25) is 0 Å². The Hall–Kier alpha value is -1.53. The molecule has 0 fully saturated rings. The highest BCUT2D eigenvalue weighted by Crippen LogP contribution is 2.32. The molecule has 0 aliphatic rings. The molecule has 1 aromatic heterocycles. The normalized spacial score (nSPS) is 13.8. The van der Waals surface area contributed by atoms with E-state index in [1.807, 2.05) is 0 Å². The first-order valence-corrected chi connectivity index (χ1v) is 4.54. The lowest BCUT2D eigenvalue weighted by molar-refractivity contribution is -0.146. The first-order chi connectivity index (χ1) is 7.23. The fraction of sp³-hybridized carbons (Fsp3) is 0.556. The summed E-state index contributed by atoms with van der Waals surface area (Å²) < 4.78 is 38.5. The van der Waals surface area contributed by atoms with E-state index in [2.05, 4.69) is 5.10 Å². The van der Waals surface area contributed by atoms with Crippen LogP contribution >= 0.6 is 0 Å². The highest BCUT2D eigenvalue weighted by molar-refractivity contribution is 5.69. The lowest BCUT2D eigenvalue weighted by Crippen LogP contribution is -2.18. The maximum absolute atomic E-state index is 12.6. The molecule has 7 heteroatoms. The van der Waals surface area contributed by atoms with Gasteiger partial charge in [-0.2, -0.15) is 18.3 Å². The van der Waals surface area contributed by atoms with Gasteiger partial charge in [0.1, 0.15) is 5.69 Å². The topological polar surface area (TPSA) is 55.1 Å². The maximum atomic E-state index is 12.6. The van der Waals surface area contributed by atoms with Crippen LogP contribution in [-0.4, -0.2) is 20.9 Å². The predicted molar refractivity (Wildman–Crippen MR) is 48.7 cm³/mol. The summed E-state index contributed by atoms with van der Waals surface area (Å²) in [6.45, 7) is 1.36. The first-order valence-electron chi connectivity index (χ1n) is 4.54. The van der Waals surface area contributed by atoms with E-state index < -0.39 is 23.8 Å². The van der Waals surface area contributed by atoms with Crippen molar-refractivity contribution in [3.8, 4) is 0 Å². The number of carboxylic acid groups (broad SMARTS) is 1. The Balaban J connectivity index is 3.02. The molecule has 1 aromatic rings. The molecule has 1 N–H and O–H groups in total. The summed E-state index contributed by atoms with van der Waals surface area (Å²) in [4.78, 5) is 10.6.